The van der Waals surface area contributed by atoms with Gasteiger partial charge in [0.15, 0.2) is 0 Å². The van der Waals surface area contributed by atoms with Crippen molar-refractivity contribution < 1.29 is 65.2 Å². The van der Waals surface area contributed by atoms with E-state index in [-0.39, 0.29) is 77.5 Å². The summed E-state index contributed by atoms with van der Waals surface area (Å²) in [6.45, 7) is 10.5. The zero-order valence-electron chi connectivity index (χ0n) is 31.1. The van der Waals surface area contributed by atoms with E-state index < -0.39 is 16.0 Å². The van der Waals surface area contributed by atoms with Crippen LogP contribution in [0.3, 0.4) is 0 Å². The number of aromatic carboxylic acids is 1. The fourth-order valence-corrected chi connectivity index (χ4v) is 8.47. The van der Waals surface area contributed by atoms with Crippen molar-refractivity contribution in [1.82, 2.24) is 25.3 Å². The molecule has 3 aromatic heterocycles. The zero-order valence-corrected chi connectivity index (χ0v) is 32.6. The number of benzene rings is 2. The van der Waals surface area contributed by atoms with E-state index in [0.29, 0.717) is 29.9 Å². The van der Waals surface area contributed by atoms with Gasteiger partial charge in [-0.2, -0.15) is 4.98 Å². The largest absolute Gasteiger partial charge is 0.478 e. The summed E-state index contributed by atoms with van der Waals surface area (Å²) in [7, 11) is -4.25. The van der Waals surface area contributed by atoms with E-state index >= 15 is 0 Å². The van der Waals surface area contributed by atoms with Crippen LogP contribution in [0.1, 0.15) is 98.3 Å². The van der Waals surface area contributed by atoms with Gasteiger partial charge < -0.3 is 19.6 Å². The first-order valence-corrected chi connectivity index (χ1v) is 19.7. The molecular formula is C40H46ArN6O6S. The van der Waals surface area contributed by atoms with Crippen LogP contribution in [0.5, 0.6) is 5.88 Å². The number of furan rings is 1. The first-order valence-electron chi connectivity index (χ1n) is 18.2. The number of carboxylic acids is 1. The third-order valence-corrected chi connectivity index (χ3v) is 11.9. The zero-order chi connectivity index (χ0) is 37.5. The Morgan fingerprint density at radius 1 is 0.981 bits per heavy atom. The molecule has 0 bridgehead atoms. The molecule has 1 aliphatic carbocycles. The topological polar surface area (TPSA) is 169 Å². The minimum Gasteiger partial charge on any atom is -0.478 e. The molecule has 286 valence electrons. The predicted octanol–water partition coefficient (Wildman–Crippen LogP) is 7.77. The molecule has 2 aliphatic rings. The van der Waals surface area contributed by atoms with Crippen molar-refractivity contribution in [2.45, 2.75) is 95.5 Å². The number of nitrogens with zero attached hydrogens (tertiary/aromatic N) is 4. The molecule has 3 atom stereocenters. The second kappa shape index (κ2) is 16.2. The van der Waals surface area contributed by atoms with E-state index in [1.807, 2.05) is 44.3 Å². The Morgan fingerprint density at radius 2 is 1.70 bits per heavy atom. The molecule has 2 aromatic carbocycles. The number of rotatable bonds is 10. The third kappa shape index (κ3) is 8.75. The van der Waals surface area contributed by atoms with Crippen LogP contribution in [0.4, 0.5) is 5.95 Å². The molecule has 0 unspecified atom stereocenters. The standard InChI is InChI=1S/C40H46N6O6S.Ar/c1-23-10-6-11-24(2)36(23)30-20-35(45-39(44-30)46-53(49,50)27-15-8-14-26(18-27)38(47)48)51-22-33-28(25-12-7-13-25)16-9-17-29(42-33)32-21-41-37-31(43-32)19-34(52-37)40(3,4)5;/h6,8,10-11,14-15,18-21,25,28-29,33,42H,7,9,12-13,16-17,22H2,1-5H3,(H,47,48)(H,44,45,46);/t28-,29-,33-;/m0./s1. The van der Waals surface area contributed by atoms with E-state index in [1.165, 1.54) is 37.5 Å². The molecule has 12 nitrogen and oxygen atoms in total. The SMILES string of the molecule is Cc1cccc(C)c1-c1cc(OC[C@@H]2N[C@H](c3cnc4oc(C(C)(C)C)cc4n3)CCC[C@H]2C2CCC2)nc(NS(=O)(=O)c2cccc(C(=O)O)c2)n1.[Ar]. The van der Waals surface area contributed by atoms with Gasteiger partial charge in [-0.3, -0.25) is 0 Å². The molecule has 3 N–H and O–H groups in total. The molecule has 1 saturated heterocycles. The number of nitrogens with one attached hydrogen (secondary N) is 2. The van der Waals surface area contributed by atoms with Gasteiger partial charge in [-0.15, -0.1) is 0 Å². The Balaban J connectivity index is 0.00000497. The Bertz CT molecular complexity index is 2250. The number of carboxylic acid groups (broad SMARTS) is 1. The first kappa shape index (κ1) is 40.1. The summed E-state index contributed by atoms with van der Waals surface area (Å²) in [5, 5.41) is 13.3. The number of fused-ring (bicyclic) bond motifs is 1. The van der Waals surface area contributed by atoms with Crippen molar-refractivity contribution in [2.75, 3.05) is 11.3 Å². The summed E-state index contributed by atoms with van der Waals surface area (Å²) in [5.41, 5.74) is 5.09. The number of anilines is 1. The van der Waals surface area contributed by atoms with Gasteiger partial charge in [-0.25, -0.2) is 32.9 Å². The van der Waals surface area contributed by atoms with Crippen LogP contribution >= 0.6 is 0 Å². The van der Waals surface area contributed by atoms with Crippen molar-refractivity contribution in [3.05, 3.63) is 88.9 Å². The van der Waals surface area contributed by atoms with Crippen molar-refractivity contribution >= 4 is 33.2 Å². The number of carbonyl (C=O) groups is 1. The smallest absolute Gasteiger partial charge is 0.335 e. The Morgan fingerprint density at radius 3 is 2.39 bits per heavy atom. The molecule has 4 heterocycles. The summed E-state index contributed by atoms with van der Waals surface area (Å²) in [4.78, 5) is 30.2. The van der Waals surface area contributed by atoms with E-state index in [1.54, 1.807) is 6.07 Å². The number of sulfonamides is 1. The monoisotopic (exact) mass is 778 g/mol. The number of ether oxygens (including phenoxy) is 1. The summed E-state index contributed by atoms with van der Waals surface area (Å²) < 4.78 is 42.1. The van der Waals surface area contributed by atoms with Crippen LogP contribution in [0.15, 0.2) is 70.1 Å². The molecule has 14 heteroatoms. The number of hydrogen-bond acceptors (Lipinski definition) is 10. The van der Waals surface area contributed by atoms with E-state index in [2.05, 4.69) is 45.8 Å². The second-order valence-corrected chi connectivity index (χ2v) is 17.1. The number of hydrogen-bond donors (Lipinski definition) is 3. The van der Waals surface area contributed by atoms with Crippen LogP contribution in [-0.2, 0) is 15.4 Å². The molecule has 0 amide bonds. The third-order valence-electron chi connectivity index (χ3n) is 10.5. The molecule has 2 fully saturated rings. The normalized spacial score (nSPS) is 19.4. The van der Waals surface area contributed by atoms with E-state index in [9.17, 15) is 18.3 Å². The summed E-state index contributed by atoms with van der Waals surface area (Å²) in [6.07, 6.45) is 8.39. The van der Waals surface area contributed by atoms with Crippen LogP contribution < -0.4 is 14.8 Å². The number of aromatic nitrogens is 4. The Labute approximate surface area is 346 Å². The molecule has 1 aliphatic heterocycles. The van der Waals surface area contributed by atoms with Gasteiger partial charge in [0, 0.05) is 66.9 Å². The van der Waals surface area contributed by atoms with Gasteiger partial charge in [-0.05, 0) is 67.9 Å². The minimum atomic E-state index is -4.25. The van der Waals surface area contributed by atoms with Crippen LogP contribution in [0, 0.1) is 63.4 Å². The average molecular weight is 779 g/mol. The average Bonchev–Trinajstić information content (AvgIpc) is 3.42. The van der Waals surface area contributed by atoms with Crippen molar-refractivity contribution in [3.8, 4) is 17.1 Å². The van der Waals surface area contributed by atoms with Gasteiger partial charge in [-0.1, -0.05) is 70.7 Å². The maximum absolute atomic E-state index is 13.5. The molecule has 5 aromatic rings. The summed E-state index contributed by atoms with van der Waals surface area (Å²) in [6, 6.07) is 14.7. The fourth-order valence-electron chi connectivity index (χ4n) is 7.48. The Kier molecular flexibility index (Phi) is 12.0. The van der Waals surface area contributed by atoms with Gasteiger partial charge >= 0.3 is 5.97 Å². The molecule has 7 rings (SSSR count). The molecule has 54 heavy (non-hydrogen) atoms. The molecule has 0 radical (unpaired) electrons. The molecular weight excluding hydrogens is 732 g/mol. The second-order valence-electron chi connectivity index (χ2n) is 15.4. The summed E-state index contributed by atoms with van der Waals surface area (Å²) in [5.74, 6) is 0.623. The van der Waals surface area contributed by atoms with Gasteiger partial charge in [0.25, 0.3) is 10.0 Å². The van der Waals surface area contributed by atoms with Crippen LogP contribution in [0.25, 0.3) is 22.5 Å². The van der Waals surface area contributed by atoms with Crippen molar-refractivity contribution in [2.24, 2.45) is 11.8 Å². The van der Waals surface area contributed by atoms with Crippen molar-refractivity contribution in [1.29, 1.82) is 0 Å². The van der Waals surface area contributed by atoms with Crippen LogP contribution in [-0.4, -0.2) is 52.1 Å². The van der Waals surface area contributed by atoms with Crippen LogP contribution in [0.2, 0.25) is 0 Å². The molecule has 1 saturated carbocycles. The van der Waals surface area contributed by atoms with Gasteiger partial charge in [0.05, 0.1) is 34.1 Å². The molecule has 0 spiro atoms. The maximum Gasteiger partial charge on any atom is 0.335 e. The number of aryl methyl sites for hydroxylation is 2. The predicted molar refractivity (Wildman–Crippen MR) is 201 cm³/mol. The Hall–Kier alpha value is -3.62. The summed E-state index contributed by atoms with van der Waals surface area (Å²) >= 11 is 0. The van der Waals surface area contributed by atoms with Gasteiger partial charge in [0.1, 0.15) is 17.9 Å². The quantitative estimate of drug-likeness (QED) is 0.127. The minimum absolute atomic E-state index is 0. The van der Waals surface area contributed by atoms with E-state index in [4.69, 9.17) is 14.1 Å². The fraction of sp³-hybridized carbons (Fsp3) is 0.425. The van der Waals surface area contributed by atoms with Gasteiger partial charge in [0.2, 0.25) is 17.5 Å². The maximum atomic E-state index is 13.5. The van der Waals surface area contributed by atoms with E-state index in [0.717, 1.165) is 59.0 Å². The first-order chi connectivity index (χ1) is 25.2. The van der Waals surface area contributed by atoms with Crippen molar-refractivity contribution in [3.63, 3.8) is 0 Å².